The zero-order valence-corrected chi connectivity index (χ0v) is 17.4. The van der Waals surface area contributed by atoms with Gasteiger partial charge in [0.25, 0.3) is 5.91 Å². The molecule has 2 aliphatic rings. The van der Waals surface area contributed by atoms with Crippen molar-refractivity contribution in [3.63, 3.8) is 0 Å². The Morgan fingerprint density at radius 1 is 1.03 bits per heavy atom. The van der Waals surface area contributed by atoms with Crippen LogP contribution < -0.4 is 0 Å². The molecular formula is C20H26N4O4S. The molecule has 29 heavy (non-hydrogen) atoms. The average molecular weight is 419 g/mol. The van der Waals surface area contributed by atoms with Gasteiger partial charge in [-0.3, -0.25) is 9.69 Å². The highest BCUT2D eigenvalue weighted by Crippen LogP contribution is 2.21. The smallest absolute Gasteiger partial charge is 0.253 e. The lowest BCUT2D eigenvalue weighted by molar-refractivity contribution is 0.0625. The summed E-state index contributed by atoms with van der Waals surface area (Å²) in [5, 5.41) is 4.02. The minimum absolute atomic E-state index is 0.0629. The van der Waals surface area contributed by atoms with Gasteiger partial charge in [0.2, 0.25) is 10.0 Å². The van der Waals surface area contributed by atoms with Gasteiger partial charge in [0, 0.05) is 57.4 Å². The van der Waals surface area contributed by atoms with Crippen LogP contribution in [0, 0.1) is 6.92 Å². The Kier molecular flexibility index (Phi) is 5.71. The summed E-state index contributed by atoms with van der Waals surface area (Å²) in [7, 11) is -3.45. The van der Waals surface area contributed by atoms with Crippen LogP contribution in [0.15, 0.2) is 39.8 Å². The van der Waals surface area contributed by atoms with Crippen molar-refractivity contribution >= 4 is 15.9 Å². The number of piperazine rings is 1. The van der Waals surface area contributed by atoms with E-state index in [1.807, 2.05) is 17.9 Å². The third kappa shape index (κ3) is 4.36. The van der Waals surface area contributed by atoms with Crippen molar-refractivity contribution in [2.75, 3.05) is 39.3 Å². The molecule has 0 bridgehead atoms. The molecule has 2 fully saturated rings. The van der Waals surface area contributed by atoms with E-state index in [1.165, 1.54) is 4.31 Å². The Bertz CT molecular complexity index is 957. The number of aromatic nitrogens is 1. The maximum atomic E-state index is 12.8. The molecule has 3 heterocycles. The molecule has 0 saturated carbocycles. The van der Waals surface area contributed by atoms with E-state index in [4.69, 9.17) is 4.52 Å². The van der Waals surface area contributed by atoms with Gasteiger partial charge in [-0.15, -0.1) is 0 Å². The summed E-state index contributed by atoms with van der Waals surface area (Å²) in [4.78, 5) is 17.1. The molecule has 9 heteroatoms. The van der Waals surface area contributed by atoms with Crippen molar-refractivity contribution < 1.29 is 17.7 Å². The van der Waals surface area contributed by atoms with Gasteiger partial charge in [-0.25, -0.2) is 8.42 Å². The normalized spacial score (nSPS) is 19.0. The van der Waals surface area contributed by atoms with Crippen LogP contribution in [-0.2, 0) is 16.6 Å². The fourth-order valence-electron chi connectivity index (χ4n) is 3.86. The molecule has 2 aromatic rings. The van der Waals surface area contributed by atoms with Crippen molar-refractivity contribution in [2.45, 2.75) is 31.2 Å². The van der Waals surface area contributed by atoms with Crippen LogP contribution >= 0.6 is 0 Å². The van der Waals surface area contributed by atoms with Gasteiger partial charge in [-0.2, -0.15) is 4.31 Å². The predicted molar refractivity (Wildman–Crippen MR) is 107 cm³/mol. The number of hydrogen-bond acceptors (Lipinski definition) is 6. The second kappa shape index (κ2) is 8.25. The van der Waals surface area contributed by atoms with Gasteiger partial charge in [0.15, 0.2) is 0 Å². The van der Waals surface area contributed by atoms with E-state index < -0.39 is 10.0 Å². The van der Waals surface area contributed by atoms with Crippen LogP contribution in [0.4, 0.5) is 0 Å². The first-order valence-corrected chi connectivity index (χ1v) is 11.4. The summed E-state index contributed by atoms with van der Waals surface area (Å²) in [5.41, 5.74) is 1.42. The van der Waals surface area contributed by atoms with E-state index in [0.29, 0.717) is 38.3 Å². The van der Waals surface area contributed by atoms with Crippen LogP contribution in [0.1, 0.15) is 34.7 Å². The SMILES string of the molecule is Cc1cc(CN2CCN(C(=O)c3ccc(S(=O)(=O)N4CCCC4)cc3)CC2)no1. The topological polar surface area (TPSA) is 87.0 Å². The monoisotopic (exact) mass is 418 g/mol. The molecule has 0 atom stereocenters. The molecule has 4 rings (SSSR count). The summed E-state index contributed by atoms with van der Waals surface area (Å²) < 4.78 is 31.9. The standard InChI is InChI=1S/C20H26N4O4S/c1-16-14-18(21-28-16)15-22-10-12-23(13-11-22)20(25)17-4-6-19(7-5-17)29(26,27)24-8-2-3-9-24/h4-7,14H,2-3,8-13,15H2,1H3. The Balaban J connectivity index is 1.35. The highest BCUT2D eigenvalue weighted by atomic mass is 32.2. The number of amides is 1. The van der Waals surface area contributed by atoms with Gasteiger partial charge in [-0.1, -0.05) is 5.16 Å². The molecule has 0 unspecified atom stereocenters. The number of sulfonamides is 1. The number of hydrogen-bond donors (Lipinski definition) is 0. The number of nitrogens with zero attached hydrogens (tertiary/aromatic N) is 4. The summed E-state index contributed by atoms with van der Waals surface area (Å²) in [6.07, 6.45) is 1.80. The Hall–Kier alpha value is -2.23. The van der Waals surface area contributed by atoms with E-state index >= 15 is 0 Å². The highest BCUT2D eigenvalue weighted by molar-refractivity contribution is 7.89. The third-order valence-electron chi connectivity index (χ3n) is 5.53. The number of aryl methyl sites for hydroxylation is 1. The molecule has 2 saturated heterocycles. The lowest BCUT2D eigenvalue weighted by atomic mass is 10.2. The number of rotatable bonds is 5. The number of carbonyl (C=O) groups excluding carboxylic acids is 1. The quantitative estimate of drug-likeness (QED) is 0.735. The van der Waals surface area contributed by atoms with Crippen LogP contribution in [0.3, 0.4) is 0 Å². The van der Waals surface area contributed by atoms with Crippen molar-refractivity contribution in [3.05, 3.63) is 47.3 Å². The molecule has 0 radical (unpaired) electrons. The van der Waals surface area contributed by atoms with Crippen molar-refractivity contribution in [3.8, 4) is 0 Å². The predicted octanol–water partition coefficient (Wildman–Crippen LogP) is 1.73. The average Bonchev–Trinajstić information content (AvgIpc) is 3.41. The first-order chi connectivity index (χ1) is 13.9. The van der Waals surface area contributed by atoms with Crippen LogP contribution in [0.25, 0.3) is 0 Å². The molecular weight excluding hydrogens is 392 g/mol. The van der Waals surface area contributed by atoms with E-state index in [-0.39, 0.29) is 10.8 Å². The maximum absolute atomic E-state index is 12.8. The first-order valence-electron chi connectivity index (χ1n) is 9.97. The molecule has 2 aliphatic heterocycles. The Labute approximate surface area is 171 Å². The zero-order valence-electron chi connectivity index (χ0n) is 16.6. The van der Waals surface area contributed by atoms with E-state index in [9.17, 15) is 13.2 Å². The second-order valence-corrected chi connectivity index (χ2v) is 9.57. The molecule has 1 aromatic heterocycles. The molecule has 0 aliphatic carbocycles. The van der Waals surface area contributed by atoms with E-state index in [0.717, 1.165) is 37.4 Å². The van der Waals surface area contributed by atoms with E-state index in [1.54, 1.807) is 24.3 Å². The van der Waals surface area contributed by atoms with Crippen molar-refractivity contribution in [1.29, 1.82) is 0 Å². The van der Waals surface area contributed by atoms with Crippen LogP contribution in [0.2, 0.25) is 0 Å². The minimum Gasteiger partial charge on any atom is -0.361 e. The van der Waals surface area contributed by atoms with Gasteiger partial charge < -0.3 is 9.42 Å². The highest BCUT2D eigenvalue weighted by Gasteiger charge is 2.28. The van der Waals surface area contributed by atoms with E-state index in [2.05, 4.69) is 10.1 Å². The van der Waals surface area contributed by atoms with Gasteiger partial charge in [0.05, 0.1) is 10.6 Å². The lowest BCUT2D eigenvalue weighted by Gasteiger charge is -2.34. The molecule has 1 aromatic carbocycles. The first kappa shape index (κ1) is 20.1. The fraction of sp³-hybridized carbons (Fsp3) is 0.500. The second-order valence-electron chi connectivity index (χ2n) is 7.63. The molecule has 0 N–H and O–H groups in total. The molecule has 8 nitrogen and oxygen atoms in total. The maximum Gasteiger partial charge on any atom is 0.253 e. The fourth-order valence-corrected chi connectivity index (χ4v) is 5.38. The van der Waals surface area contributed by atoms with Crippen molar-refractivity contribution in [2.24, 2.45) is 0 Å². The van der Waals surface area contributed by atoms with Crippen LogP contribution in [-0.4, -0.2) is 72.9 Å². The molecule has 156 valence electrons. The lowest BCUT2D eigenvalue weighted by Crippen LogP contribution is -2.48. The van der Waals surface area contributed by atoms with Gasteiger partial charge >= 0.3 is 0 Å². The van der Waals surface area contributed by atoms with Crippen molar-refractivity contribution in [1.82, 2.24) is 19.3 Å². The molecule has 0 spiro atoms. The summed E-state index contributed by atoms with van der Waals surface area (Å²) in [6.45, 7) is 6.50. The van der Waals surface area contributed by atoms with Crippen LogP contribution in [0.5, 0.6) is 0 Å². The summed E-state index contributed by atoms with van der Waals surface area (Å²) in [6, 6.07) is 8.26. The number of benzene rings is 1. The summed E-state index contributed by atoms with van der Waals surface area (Å²) in [5.74, 6) is 0.732. The zero-order chi connectivity index (χ0) is 20.4. The number of carbonyl (C=O) groups is 1. The van der Waals surface area contributed by atoms with Gasteiger partial charge in [-0.05, 0) is 44.0 Å². The largest absolute Gasteiger partial charge is 0.361 e. The third-order valence-corrected chi connectivity index (χ3v) is 7.44. The van der Waals surface area contributed by atoms with Gasteiger partial charge in [0.1, 0.15) is 5.76 Å². The Morgan fingerprint density at radius 3 is 2.28 bits per heavy atom. The molecule has 1 amide bonds. The minimum atomic E-state index is -3.45. The summed E-state index contributed by atoms with van der Waals surface area (Å²) >= 11 is 0. The Morgan fingerprint density at radius 2 is 1.69 bits per heavy atom.